The fraction of sp³-hybridized carbons (Fsp3) is 0.182. The molecule has 2 aromatic carbocycles. The summed E-state index contributed by atoms with van der Waals surface area (Å²) < 4.78 is 10.8. The van der Waals surface area contributed by atoms with Gasteiger partial charge in [0.25, 0.3) is 0 Å². The summed E-state index contributed by atoms with van der Waals surface area (Å²) in [5, 5.41) is 3.41. The number of nitrogens with one attached hydrogen (secondary N) is 1. The molecule has 0 radical (unpaired) electrons. The number of anilines is 3. The van der Waals surface area contributed by atoms with Gasteiger partial charge in [-0.05, 0) is 25.1 Å². The molecule has 6 nitrogen and oxygen atoms in total. The molecule has 142 valence electrons. The number of para-hydroxylation sites is 2. The highest BCUT2D eigenvalue weighted by atomic mass is 16.5. The molecule has 0 bridgehead atoms. The Labute approximate surface area is 164 Å². The van der Waals surface area contributed by atoms with Crippen molar-refractivity contribution in [2.24, 2.45) is 0 Å². The molecule has 1 aromatic heterocycles. The number of rotatable bonds is 5. The van der Waals surface area contributed by atoms with Gasteiger partial charge in [-0.2, -0.15) is 0 Å². The molecule has 0 spiro atoms. The van der Waals surface area contributed by atoms with Gasteiger partial charge in [-0.1, -0.05) is 24.3 Å². The van der Waals surface area contributed by atoms with Gasteiger partial charge in [0.1, 0.15) is 11.5 Å². The van der Waals surface area contributed by atoms with Crippen LogP contribution in [0.2, 0.25) is 0 Å². The van der Waals surface area contributed by atoms with Gasteiger partial charge in [0, 0.05) is 36.1 Å². The van der Waals surface area contributed by atoms with Gasteiger partial charge < -0.3 is 19.7 Å². The third-order valence-corrected chi connectivity index (χ3v) is 4.61. The molecule has 6 heteroatoms. The summed E-state index contributed by atoms with van der Waals surface area (Å²) in [5.41, 5.74) is 3.61. The topological polar surface area (TPSA) is 59.5 Å². The molecule has 0 fully saturated rings. The van der Waals surface area contributed by atoms with Crippen LogP contribution in [0.5, 0.6) is 11.5 Å². The quantitative estimate of drug-likeness (QED) is 0.700. The average Bonchev–Trinajstić information content (AvgIpc) is 2.73. The minimum atomic E-state index is 0.678. The molecule has 4 rings (SSSR count). The fourth-order valence-corrected chi connectivity index (χ4v) is 3.14. The highest BCUT2D eigenvalue weighted by Crippen LogP contribution is 2.33. The van der Waals surface area contributed by atoms with E-state index in [1.807, 2.05) is 42.5 Å². The summed E-state index contributed by atoms with van der Waals surface area (Å²) in [6.45, 7) is 2.81. The van der Waals surface area contributed by atoms with Crippen molar-refractivity contribution in [3.63, 3.8) is 0 Å². The average molecular weight is 374 g/mol. The Hall–Kier alpha value is -3.54. The molecule has 0 unspecified atom stereocenters. The molecule has 0 amide bonds. The van der Waals surface area contributed by atoms with Gasteiger partial charge in [0.05, 0.1) is 25.3 Å². The maximum absolute atomic E-state index is 5.38. The molecule has 0 atom stereocenters. The zero-order valence-corrected chi connectivity index (χ0v) is 16.1. The van der Waals surface area contributed by atoms with E-state index in [0.717, 1.165) is 34.8 Å². The minimum Gasteiger partial charge on any atom is -0.497 e. The van der Waals surface area contributed by atoms with Gasteiger partial charge in [0.2, 0.25) is 0 Å². The standard InChI is InChI=1S/C22H22N4O2/c1-15-8-6-7-11-26(15)22-21(24-19-9-4-5-10-20(19)25-22)23-16-12-17(27-2)14-18(13-16)28-3/h4-10,12-14H,11H2,1-3H3,(H,23,24). The lowest BCUT2D eigenvalue weighted by Crippen LogP contribution is -2.25. The van der Waals surface area contributed by atoms with Crippen LogP contribution < -0.4 is 19.7 Å². The molecule has 0 aliphatic carbocycles. The monoisotopic (exact) mass is 374 g/mol. The Morgan fingerprint density at radius 2 is 1.64 bits per heavy atom. The highest BCUT2D eigenvalue weighted by Gasteiger charge is 2.18. The van der Waals surface area contributed by atoms with Crippen molar-refractivity contribution in [3.8, 4) is 11.5 Å². The summed E-state index contributed by atoms with van der Waals surface area (Å²) in [4.78, 5) is 11.9. The summed E-state index contributed by atoms with van der Waals surface area (Å²) in [6, 6.07) is 13.5. The van der Waals surface area contributed by atoms with E-state index in [2.05, 4.69) is 35.4 Å². The lowest BCUT2D eigenvalue weighted by molar-refractivity contribution is 0.395. The van der Waals surface area contributed by atoms with Gasteiger partial charge in [0.15, 0.2) is 11.6 Å². The lowest BCUT2D eigenvalue weighted by atomic mass is 10.2. The van der Waals surface area contributed by atoms with Crippen LogP contribution in [0.25, 0.3) is 11.0 Å². The van der Waals surface area contributed by atoms with Gasteiger partial charge in [-0.15, -0.1) is 0 Å². The number of fused-ring (bicyclic) bond motifs is 1. The van der Waals surface area contributed by atoms with Crippen LogP contribution in [0.1, 0.15) is 6.92 Å². The third kappa shape index (κ3) is 3.49. The number of allylic oxidation sites excluding steroid dienone is 3. The normalized spacial score (nSPS) is 13.4. The fourth-order valence-electron chi connectivity index (χ4n) is 3.14. The van der Waals surface area contributed by atoms with Gasteiger partial charge in [-0.25, -0.2) is 9.97 Å². The first-order valence-electron chi connectivity index (χ1n) is 9.06. The maximum Gasteiger partial charge on any atom is 0.177 e. The van der Waals surface area contributed by atoms with Gasteiger partial charge in [-0.3, -0.25) is 0 Å². The van der Waals surface area contributed by atoms with Crippen LogP contribution in [-0.2, 0) is 0 Å². The van der Waals surface area contributed by atoms with E-state index >= 15 is 0 Å². The van der Waals surface area contributed by atoms with Crippen molar-refractivity contribution < 1.29 is 9.47 Å². The highest BCUT2D eigenvalue weighted by molar-refractivity contribution is 5.83. The first-order chi connectivity index (χ1) is 13.7. The number of nitrogens with zero attached hydrogens (tertiary/aromatic N) is 3. The van der Waals surface area contributed by atoms with Crippen LogP contribution in [0, 0.1) is 0 Å². The molecule has 3 aromatic rings. The molecule has 1 aliphatic heterocycles. The second-order valence-corrected chi connectivity index (χ2v) is 6.46. The minimum absolute atomic E-state index is 0.678. The van der Waals surface area contributed by atoms with Crippen LogP contribution in [0.4, 0.5) is 17.3 Å². The Balaban J connectivity index is 1.82. The summed E-state index contributed by atoms with van der Waals surface area (Å²) in [6.07, 6.45) is 6.22. The summed E-state index contributed by atoms with van der Waals surface area (Å²) in [7, 11) is 3.27. The molecule has 0 saturated carbocycles. The van der Waals surface area contributed by atoms with Crippen LogP contribution >= 0.6 is 0 Å². The van der Waals surface area contributed by atoms with Crippen LogP contribution in [-0.4, -0.2) is 30.7 Å². The Morgan fingerprint density at radius 1 is 0.964 bits per heavy atom. The van der Waals surface area contributed by atoms with E-state index in [4.69, 9.17) is 19.4 Å². The van der Waals surface area contributed by atoms with Crippen molar-refractivity contribution in [1.29, 1.82) is 0 Å². The number of benzene rings is 2. The molecule has 0 saturated heterocycles. The Morgan fingerprint density at radius 3 is 2.29 bits per heavy atom. The number of methoxy groups -OCH3 is 2. The van der Waals surface area contributed by atoms with E-state index in [-0.39, 0.29) is 0 Å². The molecule has 1 aliphatic rings. The van der Waals surface area contributed by atoms with E-state index in [1.54, 1.807) is 14.2 Å². The van der Waals surface area contributed by atoms with Crippen molar-refractivity contribution >= 4 is 28.4 Å². The van der Waals surface area contributed by atoms with Gasteiger partial charge >= 0.3 is 0 Å². The largest absolute Gasteiger partial charge is 0.497 e. The first kappa shape index (κ1) is 17.9. The zero-order chi connectivity index (χ0) is 19.5. The van der Waals surface area contributed by atoms with E-state index in [1.165, 1.54) is 0 Å². The Bertz CT molecular complexity index is 1050. The van der Waals surface area contributed by atoms with Crippen LogP contribution in [0.3, 0.4) is 0 Å². The lowest BCUT2D eigenvalue weighted by Gasteiger charge is -2.27. The Kier molecular flexibility index (Phi) is 4.85. The molecular weight excluding hydrogens is 352 g/mol. The number of aromatic nitrogens is 2. The summed E-state index contributed by atoms with van der Waals surface area (Å²) in [5.74, 6) is 2.86. The van der Waals surface area contributed by atoms with Crippen molar-refractivity contribution in [2.75, 3.05) is 31.0 Å². The smallest absolute Gasteiger partial charge is 0.177 e. The first-order valence-corrected chi connectivity index (χ1v) is 9.06. The molecule has 2 heterocycles. The zero-order valence-electron chi connectivity index (χ0n) is 16.1. The second kappa shape index (κ2) is 7.60. The second-order valence-electron chi connectivity index (χ2n) is 6.46. The molecule has 28 heavy (non-hydrogen) atoms. The SMILES string of the molecule is COc1cc(Nc2nc3ccccc3nc2N2CC=CC=C2C)cc(OC)c1. The van der Waals surface area contributed by atoms with Crippen molar-refractivity contribution in [1.82, 2.24) is 9.97 Å². The molecular formula is C22H22N4O2. The number of hydrogen-bond acceptors (Lipinski definition) is 6. The van der Waals surface area contributed by atoms with Crippen LogP contribution in [0.15, 0.2) is 66.4 Å². The number of hydrogen-bond donors (Lipinski definition) is 1. The van der Waals surface area contributed by atoms with E-state index in [0.29, 0.717) is 17.3 Å². The predicted octanol–water partition coefficient (Wildman–Crippen LogP) is 4.67. The number of ether oxygens (including phenoxy) is 2. The summed E-state index contributed by atoms with van der Waals surface area (Å²) >= 11 is 0. The third-order valence-electron chi connectivity index (χ3n) is 4.61. The van der Waals surface area contributed by atoms with Crippen molar-refractivity contribution in [3.05, 3.63) is 66.4 Å². The van der Waals surface area contributed by atoms with Crippen molar-refractivity contribution in [2.45, 2.75) is 6.92 Å². The maximum atomic E-state index is 5.38. The predicted molar refractivity (Wildman–Crippen MR) is 113 cm³/mol. The van der Waals surface area contributed by atoms with E-state index in [9.17, 15) is 0 Å². The van der Waals surface area contributed by atoms with E-state index < -0.39 is 0 Å². The molecule has 1 N–H and O–H groups in total.